The topological polar surface area (TPSA) is 131 Å². The van der Waals surface area contributed by atoms with Gasteiger partial charge in [0.2, 0.25) is 5.91 Å². The van der Waals surface area contributed by atoms with Gasteiger partial charge in [-0.3, -0.25) is 4.79 Å². The Morgan fingerprint density at radius 3 is 2.71 bits per heavy atom. The van der Waals surface area contributed by atoms with Crippen LogP contribution in [-0.2, 0) is 14.6 Å². The zero-order chi connectivity index (χ0) is 17.7. The third-order valence-electron chi connectivity index (χ3n) is 2.97. The Morgan fingerprint density at radius 2 is 2.08 bits per heavy atom. The largest absolute Gasteiger partial charge is 0.476 e. The highest BCUT2D eigenvalue weighted by Gasteiger charge is 2.16. The van der Waals surface area contributed by atoms with Crippen molar-refractivity contribution in [2.24, 2.45) is 0 Å². The molecule has 0 unspecified atom stereocenters. The Balaban J connectivity index is 2.12. The molecule has 1 amide bonds. The predicted octanol–water partition coefficient (Wildman–Crippen LogP) is 0.729. The first-order chi connectivity index (χ1) is 11.3. The summed E-state index contributed by atoms with van der Waals surface area (Å²) in [6.45, 7) is 1.72. The van der Waals surface area contributed by atoms with Crippen molar-refractivity contribution in [3.63, 3.8) is 0 Å². The number of rotatable bonds is 7. The first kappa shape index (κ1) is 17.6. The Hall–Kier alpha value is -2.75. The maximum atomic E-state index is 11.8. The van der Waals surface area contributed by atoms with Crippen molar-refractivity contribution in [3.8, 4) is 5.69 Å². The Bertz CT molecular complexity index is 860. The van der Waals surface area contributed by atoms with Gasteiger partial charge >= 0.3 is 5.97 Å². The summed E-state index contributed by atoms with van der Waals surface area (Å²) in [5.74, 6) is -2.47. The van der Waals surface area contributed by atoms with E-state index in [0.717, 1.165) is 0 Å². The van der Waals surface area contributed by atoms with Crippen molar-refractivity contribution >= 4 is 27.4 Å². The van der Waals surface area contributed by atoms with Gasteiger partial charge in [-0.2, -0.15) is 0 Å². The molecule has 128 valence electrons. The standard InChI is InChI=1S/C14H16N4O5S/c1-2-6-24(22,23)9-13(19)15-10-4-3-5-11(7-10)18-8-12(14(20)21)16-17-18/h3-5,7-8H,2,6,9H2,1H3,(H,15,19)(H,20,21). The number of aromatic nitrogens is 3. The zero-order valence-corrected chi connectivity index (χ0v) is 13.7. The molecule has 9 nitrogen and oxygen atoms in total. The molecule has 0 aliphatic heterocycles. The normalized spacial score (nSPS) is 11.2. The summed E-state index contributed by atoms with van der Waals surface area (Å²) in [6, 6.07) is 6.38. The molecule has 0 spiro atoms. The molecule has 0 aliphatic carbocycles. The molecule has 1 aromatic heterocycles. The van der Waals surface area contributed by atoms with Crippen molar-refractivity contribution in [2.75, 3.05) is 16.8 Å². The lowest BCUT2D eigenvalue weighted by Gasteiger charge is -2.07. The number of hydrogen-bond donors (Lipinski definition) is 2. The van der Waals surface area contributed by atoms with Crippen molar-refractivity contribution in [3.05, 3.63) is 36.2 Å². The number of aromatic carboxylic acids is 1. The summed E-state index contributed by atoms with van der Waals surface area (Å²) >= 11 is 0. The van der Waals surface area contributed by atoms with Crippen LogP contribution in [0.4, 0.5) is 5.69 Å². The summed E-state index contributed by atoms with van der Waals surface area (Å²) in [5, 5.41) is 18.5. The highest BCUT2D eigenvalue weighted by atomic mass is 32.2. The fraction of sp³-hybridized carbons (Fsp3) is 0.286. The number of benzene rings is 1. The molecule has 0 atom stereocenters. The smallest absolute Gasteiger partial charge is 0.358 e. The van der Waals surface area contributed by atoms with Crippen LogP contribution in [0.1, 0.15) is 23.8 Å². The zero-order valence-electron chi connectivity index (χ0n) is 12.8. The van der Waals surface area contributed by atoms with Crippen LogP contribution in [0.15, 0.2) is 30.5 Å². The van der Waals surface area contributed by atoms with Gasteiger partial charge in [-0.1, -0.05) is 18.2 Å². The number of anilines is 1. The van der Waals surface area contributed by atoms with Crippen LogP contribution >= 0.6 is 0 Å². The van der Waals surface area contributed by atoms with E-state index in [2.05, 4.69) is 15.6 Å². The number of nitrogens with one attached hydrogen (secondary N) is 1. The molecule has 2 N–H and O–H groups in total. The number of hydrogen-bond acceptors (Lipinski definition) is 6. The van der Waals surface area contributed by atoms with Gasteiger partial charge in [0, 0.05) is 5.69 Å². The molecule has 10 heteroatoms. The number of nitrogens with zero attached hydrogens (tertiary/aromatic N) is 3. The van der Waals surface area contributed by atoms with Gasteiger partial charge in [0.25, 0.3) is 0 Å². The first-order valence-electron chi connectivity index (χ1n) is 7.07. The van der Waals surface area contributed by atoms with E-state index in [-0.39, 0.29) is 11.4 Å². The average molecular weight is 352 g/mol. The molecular formula is C14H16N4O5S. The van der Waals surface area contributed by atoms with E-state index in [0.29, 0.717) is 17.8 Å². The van der Waals surface area contributed by atoms with Crippen LogP contribution in [0.3, 0.4) is 0 Å². The molecule has 0 aliphatic rings. The Morgan fingerprint density at radius 1 is 1.33 bits per heavy atom. The van der Waals surface area contributed by atoms with Crippen molar-refractivity contribution in [1.82, 2.24) is 15.0 Å². The average Bonchev–Trinajstić information content (AvgIpc) is 2.96. The van der Waals surface area contributed by atoms with Gasteiger partial charge in [0.05, 0.1) is 17.6 Å². The lowest BCUT2D eigenvalue weighted by Crippen LogP contribution is -2.24. The molecule has 2 aromatic rings. The van der Waals surface area contributed by atoms with E-state index in [1.54, 1.807) is 25.1 Å². The molecule has 0 fully saturated rings. The summed E-state index contributed by atoms with van der Waals surface area (Å²) in [4.78, 5) is 22.7. The van der Waals surface area contributed by atoms with Crippen LogP contribution in [-0.4, -0.2) is 51.9 Å². The van der Waals surface area contributed by atoms with Crippen molar-refractivity contribution in [2.45, 2.75) is 13.3 Å². The highest BCUT2D eigenvalue weighted by Crippen LogP contribution is 2.14. The number of carboxylic acids is 1. The van der Waals surface area contributed by atoms with Gasteiger partial charge in [-0.15, -0.1) is 5.10 Å². The van der Waals surface area contributed by atoms with Gasteiger partial charge in [0.1, 0.15) is 5.75 Å². The fourth-order valence-corrected chi connectivity index (χ4v) is 3.23. The van der Waals surface area contributed by atoms with Crippen LogP contribution in [0, 0.1) is 0 Å². The van der Waals surface area contributed by atoms with Gasteiger partial charge in [-0.25, -0.2) is 17.9 Å². The van der Waals surface area contributed by atoms with E-state index in [1.807, 2.05) is 0 Å². The third-order valence-corrected chi connectivity index (χ3v) is 4.71. The number of amides is 1. The molecule has 24 heavy (non-hydrogen) atoms. The summed E-state index contributed by atoms with van der Waals surface area (Å²) in [6.07, 6.45) is 1.68. The monoisotopic (exact) mass is 352 g/mol. The first-order valence-corrected chi connectivity index (χ1v) is 8.89. The second-order valence-electron chi connectivity index (χ2n) is 5.04. The summed E-state index contributed by atoms with van der Waals surface area (Å²) < 4.78 is 24.5. The minimum atomic E-state index is -3.42. The van der Waals surface area contributed by atoms with Gasteiger partial charge in [0.15, 0.2) is 15.5 Å². The number of carbonyl (C=O) groups is 2. The molecule has 0 saturated heterocycles. The Labute approximate surface area is 138 Å². The minimum absolute atomic E-state index is 0.0443. The molecule has 1 heterocycles. The van der Waals surface area contributed by atoms with E-state index >= 15 is 0 Å². The number of carboxylic acid groups (broad SMARTS) is 1. The SMILES string of the molecule is CCCS(=O)(=O)CC(=O)Nc1cccc(-n2cc(C(=O)O)nn2)c1. The molecule has 0 bridgehead atoms. The van der Waals surface area contributed by atoms with Crippen molar-refractivity contribution in [1.29, 1.82) is 0 Å². The minimum Gasteiger partial charge on any atom is -0.476 e. The lowest BCUT2D eigenvalue weighted by atomic mass is 10.2. The van der Waals surface area contributed by atoms with Crippen LogP contribution in [0.5, 0.6) is 0 Å². The van der Waals surface area contributed by atoms with E-state index < -0.39 is 27.5 Å². The number of carbonyl (C=O) groups excluding carboxylic acids is 1. The lowest BCUT2D eigenvalue weighted by molar-refractivity contribution is -0.113. The van der Waals surface area contributed by atoms with E-state index in [1.165, 1.54) is 16.9 Å². The maximum Gasteiger partial charge on any atom is 0.358 e. The van der Waals surface area contributed by atoms with Gasteiger partial charge < -0.3 is 10.4 Å². The van der Waals surface area contributed by atoms with Crippen LogP contribution in [0.2, 0.25) is 0 Å². The molecule has 0 saturated carbocycles. The summed E-state index contributed by atoms with van der Waals surface area (Å²) in [5.41, 5.74) is 0.635. The van der Waals surface area contributed by atoms with E-state index in [4.69, 9.17) is 5.11 Å². The molecule has 0 radical (unpaired) electrons. The molecular weight excluding hydrogens is 336 g/mol. The number of sulfone groups is 1. The van der Waals surface area contributed by atoms with Crippen molar-refractivity contribution < 1.29 is 23.1 Å². The molecule has 2 rings (SSSR count). The Kier molecular flexibility index (Phi) is 5.29. The van der Waals surface area contributed by atoms with Crippen LogP contribution in [0.25, 0.3) is 5.69 Å². The predicted molar refractivity (Wildman–Crippen MR) is 85.9 cm³/mol. The summed E-state index contributed by atoms with van der Waals surface area (Å²) in [7, 11) is -3.42. The second kappa shape index (κ2) is 7.21. The van der Waals surface area contributed by atoms with Crippen LogP contribution < -0.4 is 5.32 Å². The quantitative estimate of drug-likeness (QED) is 0.751. The third kappa shape index (κ3) is 4.62. The maximum absolute atomic E-state index is 11.8. The van der Waals surface area contributed by atoms with E-state index in [9.17, 15) is 18.0 Å². The second-order valence-corrected chi connectivity index (χ2v) is 7.23. The van der Waals surface area contributed by atoms with Gasteiger partial charge in [-0.05, 0) is 24.6 Å². The molecule has 1 aromatic carbocycles. The highest BCUT2D eigenvalue weighted by molar-refractivity contribution is 7.92. The fourth-order valence-electron chi connectivity index (χ4n) is 1.99.